The van der Waals surface area contributed by atoms with E-state index in [1.54, 1.807) is 11.3 Å². The average Bonchev–Trinajstić information content (AvgIpc) is 2.71. The lowest BCUT2D eigenvalue weighted by atomic mass is 10.1. The van der Waals surface area contributed by atoms with Crippen molar-refractivity contribution in [2.45, 2.75) is 39.3 Å². The van der Waals surface area contributed by atoms with Gasteiger partial charge in [0.1, 0.15) is 0 Å². The Morgan fingerprint density at radius 3 is 2.67 bits per heavy atom. The highest BCUT2D eigenvalue weighted by Gasteiger charge is 2.13. The van der Waals surface area contributed by atoms with Gasteiger partial charge in [-0.3, -0.25) is 0 Å². The minimum atomic E-state index is -0.251. The molecular weight excluding hydrogens is 206 g/mol. The van der Waals surface area contributed by atoms with Crippen LogP contribution in [0.3, 0.4) is 0 Å². The largest absolute Gasteiger partial charge is 0.392 e. The summed E-state index contributed by atoms with van der Waals surface area (Å²) in [7, 11) is 0. The number of aliphatic hydroxyl groups excluding tert-OH is 1. The fourth-order valence-corrected chi connectivity index (χ4v) is 2.32. The normalized spacial score (nSPS) is 15.5. The summed E-state index contributed by atoms with van der Waals surface area (Å²) in [6, 6.07) is 4.61. The predicted octanol–water partition coefficient (Wildman–Crippen LogP) is 2.81. The smallest absolute Gasteiger partial charge is 0.0687 e. The van der Waals surface area contributed by atoms with Crippen molar-refractivity contribution < 1.29 is 5.11 Å². The Bertz CT molecular complexity index is 259. The first-order valence-electron chi connectivity index (χ1n) is 5.60. The highest BCUT2D eigenvalue weighted by Crippen LogP contribution is 2.21. The maximum Gasteiger partial charge on any atom is 0.0687 e. The van der Waals surface area contributed by atoms with E-state index in [1.807, 2.05) is 13.8 Å². The summed E-state index contributed by atoms with van der Waals surface area (Å²) in [6.45, 7) is 6.92. The molecule has 1 heterocycles. The lowest BCUT2D eigenvalue weighted by Gasteiger charge is -2.20. The van der Waals surface area contributed by atoms with Crippen LogP contribution in [0.4, 0.5) is 0 Å². The third-order valence-corrected chi connectivity index (χ3v) is 3.62. The topological polar surface area (TPSA) is 32.3 Å². The van der Waals surface area contributed by atoms with Gasteiger partial charge in [0, 0.05) is 17.5 Å². The Labute approximate surface area is 96.3 Å². The molecule has 0 bridgehead atoms. The molecule has 2 atom stereocenters. The summed E-state index contributed by atoms with van der Waals surface area (Å²) < 4.78 is 0. The van der Waals surface area contributed by atoms with Crippen molar-refractivity contribution in [1.82, 2.24) is 5.32 Å². The molecule has 0 amide bonds. The zero-order valence-corrected chi connectivity index (χ0v) is 10.6. The van der Waals surface area contributed by atoms with E-state index in [0.717, 1.165) is 6.42 Å². The van der Waals surface area contributed by atoms with E-state index >= 15 is 0 Å². The molecule has 0 radical (unpaired) electrons. The maximum absolute atomic E-state index is 9.71. The second-order valence-electron chi connectivity index (χ2n) is 4.20. The van der Waals surface area contributed by atoms with Crippen molar-refractivity contribution in [2.24, 2.45) is 5.92 Å². The molecule has 2 nitrogen and oxygen atoms in total. The molecule has 0 aromatic carbocycles. The Balaban J connectivity index is 2.42. The highest BCUT2D eigenvalue weighted by atomic mass is 32.1. The molecule has 0 aliphatic carbocycles. The van der Waals surface area contributed by atoms with Crippen LogP contribution in [0.25, 0.3) is 0 Å². The molecule has 1 aromatic heterocycles. The quantitative estimate of drug-likeness (QED) is 0.783. The predicted molar refractivity (Wildman–Crippen MR) is 66.2 cm³/mol. The standard InChI is InChI=1S/C12H21NOS/c1-4-10(12-6-5-7-15-12)13-8-11(14)9(2)3/h5-7,9-11,13-14H,4,8H2,1-3H3. The first-order valence-corrected chi connectivity index (χ1v) is 6.48. The molecule has 2 unspecified atom stereocenters. The summed E-state index contributed by atoms with van der Waals surface area (Å²) in [5.74, 6) is 0.318. The van der Waals surface area contributed by atoms with Crippen molar-refractivity contribution in [3.63, 3.8) is 0 Å². The second kappa shape index (κ2) is 6.26. The second-order valence-corrected chi connectivity index (χ2v) is 5.18. The van der Waals surface area contributed by atoms with Crippen LogP contribution in [0.1, 0.15) is 38.1 Å². The molecule has 0 saturated carbocycles. The summed E-state index contributed by atoms with van der Waals surface area (Å²) in [5, 5.41) is 15.2. The average molecular weight is 227 g/mol. The maximum atomic E-state index is 9.71. The van der Waals surface area contributed by atoms with Crippen molar-refractivity contribution in [2.75, 3.05) is 6.54 Å². The molecule has 0 saturated heterocycles. The van der Waals surface area contributed by atoms with Gasteiger partial charge >= 0.3 is 0 Å². The minimum absolute atomic E-state index is 0.251. The highest BCUT2D eigenvalue weighted by molar-refractivity contribution is 7.10. The first-order chi connectivity index (χ1) is 7.15. The van der Waals surface area contributed by atoms with Gasteiger partial charge in [-0.25, -0.2) is 0 Å². The van der Waals surface area contributed by atoms with Crippen LogP contribution >= 0.6 is 11.3 Å². The molecule has 1 aromatic rings. The molecule has 0 aliphatic heterocycles. The summed E-state index contributed by atoms with van der Waals surface area (Å²) in [5.41, 5.74) is 0. The fraction of sp³-hybridized carbons (Fsp3) is 0.667. The number of rotatable bonds is 6. The molecule has 0 spiro atoms. The molecular formula is C12H21NOS. The van der Waals surface area contributed by atoms with Gasteiger partial charge in [-0.05, 0) is 23.8 Å². The van der Waals surface area contributed by atoms with Crippen LogP contribution in [0.5, 0.6) is 0 Å². The van der Waals surface area contributed by atoms with Crippen LogP contribution in [-0.4, -0.2) is 17.8 Å². The molecule has 0 aliphatic rings. The molecule has 2 N–H and O–H groups in total. The Morgan fingerprint density at radius 2 is 2.20 bits per heavy atom. The van der Waals surface area contributed by atoms with Gasteiger partial charge in [-0.15, -0.1) is 11.3 Å². The van der Waals surface area contributed by atoms with Crippen molar-refractivity contribution in [3.05, 3.63) is 22.4 Å². The zero-order chi connectivity index (χ0) is 11.3. The van der Waals surface area contributed by atoms with Crippen molar-refractivity contribution in [3.8, 4) is 0 Å². The molecule has 0 fully saturated rings. The number of nitrogens with one attached hydrogen (secondary N) is 1. The Kier molecular flexibility index (Phi) is 5.29. The summed E-state index contributed by atoms with van der Waals surface area (Å²) >= 11 is 1.77. The van der Waals surface area contributed by atoms with Gasteiger partial charge in [-0.1, -0.05) is 26.8 Å². The SMILES string of the molecule is CCC(NCC(O)C(C)C)c1cccs1. The summed E-state index contributed by atoms with van der Waals surface area (Å²) in [4.78, 5) is 1.36. The third kappa shape index (κ3) is 3.93. The zero-order valence-electron chi connectivity index (χ0n) is 9.73. The van der Waals surface area contributed by atoms with Gasteiger partial charge in [0.15, 0.2) is 0 Å². The van der Waals surface area contributed by atoms with Gasteiger partial charge in [0.2, 0.25) is 0 Å². The van der Waals surface area contributed by atoms with E-state index in [-0.39, 0.29) is 6.10 Å². The van der Waals surface area contributed by atoms with E-state index in [2.05, 4.69) is 29.8 Å². The van der Waals surface area contributed by atoms with Gasteiger partial charge in [0.25, 0.3) is 0 Å². The van der Waals surface area contributed by atoms with E-state index in [9.17, 15) is 5.11 Å². The van der Waals surface area contributed by atoms with Crippen molar-refractivity contribution >= 4 is 11.3 Å². The number of hydrogen-bond donors (Lipinski definition) is 2. The van der Waals surface area contributed by atoms with Gasteiger partial charge in [0.05, 0.1) is 6.10 Å². The Morgan fingerprint density at radius 1 is 1.47 bits per heavy atom. The van der Waals surface area contributed by atoms with Gasteiger partial charge in [-0.2, -0.15) is 0 Å². The Hall–Kier alpha value is -0.380. The van der Waals surface area contributed by atoms with Crippen LogP contribution < -0.4 is 5.32 Å². The molecule has 3 heteroatoms. The van der Waals surface area contributed by atoms with E-state index in [0.29, 0.717) is 18.5 Å². The molecule has 86 valence electrons. The van der Waals surface area contributed by atoms with Crippen LogP contribution in [0.2, 0.25) is 0 Å². The summed E-state index contributed by atoms with van der Waals surface area (Å²) in [6.07, 6.45) is 0.810. The molecule has 1 rings (SSSR count). The van der Waals surface area contributed by atoms with Gasteiger partial charge < -0.3 is 10.4 Å². The van der Waals surface area contributed by atoms with Crippen molar-refractivity contribution in [1.29, 1.82) is 0 Å². The lowest BCUT2D eigenvalue weighted by molar-refractivity contribution is 0.120. The number of hydrogen-bond acceptors (Lipinski definition) is 3. The van der Waals surface area contributed by atoms with Crippen LogP contribution in [0, 0.1) is 5.92 Å². The van der Waals surface area contributed by atoms with E-state index in [4.69, 9.17) is 0 Å². The minimum Gasteiger partial charge on any atom is -0.392 e. The lowest BCUT2D eigenvalue weighted by Crippen LogP contribution is -2.32. The number of aliphatic hydroxyl groups is 1. The van der Waals surface area contributed by atoms with Crippen LogP contribution in [0.15, 0.2) is 17.5 Å². The monoisotopic (exact) mass is 227 g/mol. The van der Waals surface area contributed by atoms with Crippen LogP contribution in [-0.2, 0) is 0 Å². The van der Waals surface area contributed by atoms with E-state index in [1.165, 1.54) is 4.88 Å². The first kappa shape index (κ1) is 12.7. The number of thiophene rings is 1. The van der Waals surface area contributed by atoms with E-state index < -0.39 is 0 Å². The fourth-order valence-electron chi connectivity index (χ4n) is 1.43. The third-order valence-electron chi connectivity index (χ3n) is 2.64. The molecule has 15 heavy (non-hydrogen) atoms.